The van der Waals surface area contributed by atoms with Crippen molar-refractivity contribution in [1.82, 2.24) is 4.90 Å². The molecule has 2 rings (SSSR count). The molecule has 6 nitrogen and oxygen atoms in total. The third kappa shape index (κ3) is 3.81. The van der Waals surface area contributed by atoms with Crippen LogP contribution in [0.1, 0.15) is 25.8 Å². The molecule has 0 radical (unpaired) electrons. The van der Waals surface area contributed by atoms with Crippen LogP contribution in [0, 0.1) is 0 Å². The predicted octanol–water partition coefficient (Wildman–Crippen LogP) is 1.31. The Morgan fingerprint density at radius 3 is 2.71 bits per heavy atom. The molecule has 1 aliphatic heterocycles. The fourth-order valence-electron chi connectivity index (χ4n) is 2.35. The van der Waals surface area contributed by atoms with Crippen LogP contribution in [0.3, 0.4) is 0 Å². The first kappa shape index (κ1) is 15.0. The summed E-state index contributed by atoms with van der Waals surface area (Å²) in [5.74, 6) is -0.801. The molecule has 0 bridgehead atoms. The van der Waals surface area contributed by atoms with E-state index in [1.807, 2.05) is 18.2 Å². The summed E-state index contributed by atoms with van der Waals surface area (Å²) in [4.78, 5) is 35.9. The Hall–Kier alpha value is -2.37. The van der Waals surface area contributed by atoms with Crippen molar-refractivity contribution in [3.8, 4) is 0 Å². The summed E-state index contributed by atoms with van der Waals surface area (Å²) >= 11 is 0. The van der Waals surface area contributed by atoms with Gasteiger partial charge in [0.25, 0.3) is 5.91 Å². The van der Waals surface area contributed by atoms with Crippen molar-refractivity contribution in [2.24, 2.45) is 0 Å². The van der Waals surface area contributed by atoms with Crippen LogP contribution < -0.4 is 5.32 Å². The summed E-state index contributed by atoms with van der Waals surface area (Å²) in [6.45, 7) is 3.65. The molecular weight excluding hydrogens is 272 g/mol. The van der Waals surface area contributed by atoms with Crippen LogP contribution >= 0.6 is 0 Å². The normalized spacial score (nSPS) is 17.7. The molecule has 1 N–H and O–H groups in total. The molecule has 112 valence electrons. The van der Waals surface area contributed by atoms with Gasteiger partial charge in [-0.15, -0.1) is 0 Å². The van der Waals surface area contributed by atoms with Gasteiger partial charge in [-0.05, 0) is 11.6 Å². The molecule has 0 spiro atoms. The third-order valence-electron chi connectivity index (χ3n) is 3.25. The zero-order chi connectivity index (χ0) is 15.4. The second-order valence-corrected chi connectivity index (χ2v) is 4.98. The summed E-state index contributed by atoms with van der Waals surface area (Å²) in [5.41, 5.74) is 1.54. The number of carbonyl (C=O) groups is 3. The van der Waals surface area contributed by atoms with E-state index in [0.717, 1.165) is 5.56 Å². The second-order valence-electron chi connectivity index (χ2n) is 4.98. The number of hydrogen-bond acceptors (Lipinski definition) is 4. The molecule has 6 heteroatoms. The Labute approximate surface area is 123 Å². The predicted molar refractivity (Wildman–Crippen MR) is 76.3 cm³/mol. The zero-order valence-electron chi connectivity index (χ0n) is 12.1. The molecule has 1 saturated heterocycles. The van der Waals surface area contributed by atoms with E-state index in [1.54, 1.807) is 11.0 Å². The molecule has 1 fully saturated rings. The lowest BCUT2D eigenvalue weighted by molar-refractivity contribution is -0.154. The second kappa shape index (κ2) is 6.39. The minimum Gasteiger partial charge on any atom is -0.452 e. The number of amides is 2. The fraction of sp³-hybridized carbons (Fsp3) is 0.400. The highest BCUT2D eigenvalue weighted by atomic mass is 16.5. The van der Waals surface area contributed by atoms with E-state index < -0.39 is 12.1 Å². The first-order valence-corrected chi connectivity index (χ1v) is 6.79. The Bertz CT molecular complexity index is 571. The van der Waals surface area contributed by atoms with Gasteiger partial charge in [-0.3, -0.25) is 14.4 Å². The summed E-state index contributed by atoms with van der Waals surface area (Å²) in [7, 11) is 0. The van der Waals surface area contributed by atoms with Crippen molar-refractivity contribution in [2.45, 2.75) is 32.9 Å². The molecule has 1 atom stereocenters. The van der Waals surface area contributed by atoms with Crippen molar-refractivity contribution in [3.63, 3.8) is 0 Å². The minimum absolute atomic E-state index is 0.159. The van der Waals surface area contributed by atoms with Crippen molar-refractivity contribution in [1.29, 1.82) is 0 Å². The summed E-state index contributed by atoms with van der Waals surface area (Å²) in [5, 5.41) is 2.74. The topological polar surface area (TPSA) is 75.7 Å². The van der Waals surface area contributed by atoms with Crippen molar-refractivity contribution >= 4 is 23.5 Å². The Kier molecular flexibility index (Phi) is 4.57. The lowest BCUT2D eigenvalue weighted by Gasteiger charge is -2.18. The maximum atomic E-state index is 12.1. The number of likely N-dealkylation sites (tertiary alicyclic amines) is 1. The third-order valence-corrected chi connectivity index (χ3v) is 3.25. The number of hydrogen-bond donors (Lipinski definition) is 1. The lowest BCUT2D eigenvalue weighted by atomic mass is 10.1. The van der Waals surface area contributed by atoms with Gasteiger partial charge in [0.05, 0.1) is 0 Å². The molecule has 2 amide bonds. The molecule has 0 aromatic heterocycles. The van der Waals surface area contributed by atoms with Crippen LogP contribution in [-0.2, 0) is 25.7 Å². The highest BCUT2D eigenvalue weighted by Gasteiger charge is 2.34. The van der Waals surface area contributed by atoms with E-state index in [2.05, 4.69) is 5.32 Å². The number of carbonyl (C=O) groups excluding carboxylic acids is 3. The van der Waals surface area contributed by atoms with Crippen LogP contribution in [0.4, 0.5) is 5.69 Å². The van der Waals surface area contributed by atoms with Crippen LogP contribution in [0.15, 0.2) is 24.3 Å². The van der Waals surface area contributed by atoms with Crippen molar-refractivity contribution in [3.05, 3.63) is 29.8 Å². The number of rotatable bonds is 4. The largest absolute Gasteiger partial charge is 0.452 e. The summed E-state index contributed by atoms with van der Waals surface area (Å²) < 4.78 is 4.99. The van der Waals surface area contributed by atoms with Crippen molar-refractivity contribution in [2.75, 3.05) is 11.9 Å². The maximum absolute atomic E-state index is 12.1. The molecule has 0 unspecified atom stereocenters. The van der Waals surface area contributed by atoms with E-state index in [4.69, 9.17) is 4.74 Å². The van der Waals surface area contributed by atoms with Crippen molar-refractivity contribution < 1.29 is 19.1 Å². The Morgan fingerprint density at radius 1 is 1.33 bits per heavy atom. The van der Waals surface area contributed by atoms with Crippen LogP contribution in [0.2, 0.25) is 0 Å². The summed E-state index contributed by atoms with van der Waals surface area (Å²) in [6.07, 6.45) is -0.184. The molecule has 1 aromatic carbocycles. The molecule has 0 aliphatic carbocycles. The Morgan fingerprint density at radius 2 is 2.05 bits per heavy atom. The molecule has 21 heavy (non-hydrogen) atoms. The quantitative estimate of drug-likeness (QED) is 0.848. The lowest BCUT2D eigenvalue weighted by Crippen LogP contribution is -2.31. The average molecular weight is 290 g/mol. The van der Waals surface area contributed by atoms with Gasteiger partial charge in [0.2, 0.25) is 5.91 Å². The van der Waals surface area contributed by atoms with Gasteiger partial charge in [-0.2, -0.15) is 0 Å². The first-order chi connectivity index (χ1) is 9.97. The van der Waals surface area contributed by atoms with Crippen LogP contribution in [0.5, 0.6) is 0 Å². The smallest absolute Gasteiger partial charge is 0.303 e. The highest BCUT2D eigenvalue weighted by Crippen LogP contribution is 2.22. The van der Waals surface area contributed by atoms with Gasteiger partial charge in [-0.1, -0.05) is 18.2 Å². The highest BCUT2D eigenvalue weighted by molar-refractivity contribution is 5.90. The number of benzene rings is 1. The van der Waals surface area contributed by atoms with E-state index in [0.29, 0.717) is 25.2 Å². The average Bonchev–Trinajstić information content (AvgIpc) is 2.73. The minimum atomic E-state index is -0.685. The van der Waals surface area contributed by atoms with E-state index in [1.165, 1.54) is 13.8 Å². The molecule has 0 saturated carbocycles. The molecule has 1 heterocycles. The monoisotopic (exact) mass is 290 g/mol. The molecule has 1 aromatic rings. The van der Waals surface area contributed by atoms with E-state index >= 15 is 0 Å². The van der Waals surface area contributed by atoms with Gasteiger partial charge in [0, 0.05) is 39.0 Å². The number of esters is 1. The molecule has 1 aliphatic rings. The standard InChI is InChI=1S/C15H18N2O4/c1-10(18)16-13-6-4-3-5-12(13)9-17-8-7-14(15(17)20)21-11(2)19/h3-6,14H,7-9H2,1-2H3,(H,16,18)/t14-/m0/s1. The maximum Gasteiger partial charge on any atom is 0.303 e. The van der Waals surface area contributed by atoms with Gasteiger partial charge in [0.1, 0.15) is 0 Å². The van der Waals surface area contributed by atoms with E-state index in [-0.39, 0.29) is 11.8 Å². The van der Waals surface area contributed by atoms with Crippen LogP contribution in [0.25, 0.3) is 0 Å². The molecular formula is C15H18N2O4. The zero-order valence-corrected chi connectivity index (χ0v) is 12.1. The number of anilines is 1. The Balaban J connectivity index is 2.07. The van der Waals surface area contributed by atoms with Gasteiger partial charge in [0.15, 0.2) is 6.10 Å². The van der Waals surface area contributed by atoms with Gasteiger partial charge >= 0.3 is 5.97 Å². The first-order valence-electron chi connectivity index (χ1n) is 6.79. The number of nitrogens with zero attached hydrogens (tertiary/aromatic N) is 1. The number of ether oxygens (including phenoxy) is 1. The van der Waals surface area contributed by atoms with Gasteiger partial charge in [-0.25, -0.2) is 0 Å². The summed E-state index contributed by atoms with van der Waals surface area (Å²) in [6, 6.07) is 7.32. The SMILES string of the molecule is CC(=O)Nc1ccccc1CN1CC[C@H](OC(C)=O)C1=O. The number of para-hydroxylation sites is 1. The fourth-order valence-corrected chi connectivity index (χ4v) is 2.35. The van der Waals surface area contributed by atoms with E-state index in [9.17, 15) is 14.4 Å². The van der Waals surface area contributed by atoms with Crippen LogP contribution in [-0.4, -0.2) is 35.3 Å². The number of nitrogens with one attached hydrogen (secondary N) is 1. The van der Waals surface area contributed by atoms with Gasteiger partial charge < -0.3 is 15.0 Å².